The van der Waals surface area contributed by atoms with Crippen molar-refractivity contribution in [3.05, 3.63) is 71.8 Å². The summed E-state index contributed by atoms with van der Waals surface area (Å²) < 4.78 is 5.41. The second-order valence-electron chi connectivity index (χ2n) is 4.39. The predicted molar refractivity (Wildman–Crippen MR) is 75.9 cm³/mol. The summed E-state index contributed by atoms with van der Waals surface area (Å²) >= 11 is 0. The van der Waals surface area contributed by atoms with Gasteiger partial charge >= 0.3 is 5.97 Å². The van der Waals surface area contributed by atoms with Gasteiger partial charge in [-0.1, -0.05) is 60.7 Å². The standard InChI is InChI=1S/C16H17NO3/c17-11-14(18)16(19)20-15(12-7-3-1-4-8-12)13-9-5-2-6-10-13/h1-10,14-15,18H,11,17H2/t14-/m0/s1. The number of esters is 1. The van der Waals surface area contributed by atoms with E-state index in [1.165, 1.54) is 0 Å². The Bertz CT molecular complexity index is 503. The Hall–Kier alpha value is -2.17. The molecule has 2 aromatic rings. The Balaban J connectivity index is 2.28. The molecule has 4 nitrogen and oxygen atoms in total. The van der Waals surface area contributed by atoms with Gasteiger partial charge in [-0.15, -0.1) is 0 Å². The summed E-state index contributed by atoms with van der Waals surface area (Å²) in [6.07, 6.45) is -1.85. The van der Waals surface area contributed by atoms with Gasteiger partial charge in [-0.05, 0) is 11.1 Å². The largest absolute Gasteiger partial charge is 0.451 e. The smallest absolute Gasteiger partial charge is 0.337 e. The van der Waals surface area contributed by atoms with Crippen LogP contribution in [0.3, 0.4) is 0 Å². The first-order valence-electron chi connectivity index (χ1n) is 6.41. The Morgan fingerprint density at radius 2 is 1.45 bits per heavy atom. The van der Waals surface area contributed by atoms with Crippen LogP contribution >= 0.6 is 0 Å². The van der Waals surface area contributed by atoms with E-state index in [4.69, 9.17) is 10.5 Å². The van der Waals surface area contributed by atoms with Gasteiger partial charge in [0.25, 0.3) is 0 Å². The average molecular weight is 271 g/mol. The van der Waals surface area contributed by atoms with Gasteiger partial charge in [-0.25, -0.2) is 4.79 Å². The molecule has 0 aliphatic rings. The lowest BCUT2D eigenvalue weighted by molar-refractivity contribution is -0.157. The highest BCUT2D eigenvalue weighted by atomic mass is 16.6. The third-order valence-corrected chi connectivity index (χ3v) is 2.93. The maximum atomic E-state index is 11.8. The minimum Gasteiger partial charge on any atom is -0.451 e. The van der Waals surface area contributed by atoms with Crippen molar-refractivity contribution in [1.29, 1.82) is 0 Å². The monoisotopic (exact) mass is 271 g/mol. The number of nitrogens with two attached hydrogens (primary N) is 1. The molecule has 0 bridgehead atoms. The quantitative estimate of drug-likeness (QED) is 0.811. The molecule has 3 N–H and O–H groups in total. The van der Waals surface area contributed by atoms with Crippen molar-refractivity contribution in [3.63, 3.8) is 0 Å². The van der Waals surface area contributed by atoms with E-state index in [0.29, 0.717) is 0 Å². The summed E-state index contributed by atoms with van der Waals surface area (Å²) in [6, 6.07) is 18.8. The number of carbonyl (C=O) groups excluding carboxylic acids is 1. The molecule has 0 amide bonds. The molecular weight excluding hydrogens is 254 g/mol. The maximum absolute atomic E-state index is 11.8. The van der Waals surface area contributed by atoms with Gasteiger partial charge in [0.2, 0.25) is 0 Å². The van der Waals surface area contributed by atoms with Crippen LogP contribution < -0.4 is 5.73 Å². The Morgan fingerprint density at radius 3 is 1.85 bits per heavy atom. The average Bonchev–Trinajstić information content (AvgIpc) is 2.53. The van der Waals surface area contributed by atoms with Crippen LogP contribution in [0.4, 0.5) is 0 Å². The molecule has 0 spiro atoms. The van der Waals surface area contributed by atoms with E-state index in [1.807, 2.05) is 60.7 Å². The molecule has 0 unspecified atom stereocenters. The van der Waals surface area contributed by atoms with Crippen LogP contribution in [-0.4, -0.2) is 23.7 Å². The van der Waals surface area contributed by atoms with Crippen LogP contribution in [0.2, 0.25) is 0 Å². The Kier molecular flexibility index (Phi) is 4.87. The number of rotatable bonds is 5. The third-order valence-electron chi connectivity index (χ3n) is 2.93. The molecule has 0 saturated heterocycles. The summed E-state index contributed by atoms with van der Waals surface area (Å²) in [5, 5.41) is 9.47. The minimum atomic E-state index is -1.30. The highest BCUT2D eigenvalue weighted by Crippen LogP contribution is 2.26. The fourth-order valence-corrected chi connectivity index (χ4v) is 1.88. The maximum Gasteiger partial charge on any atom is 0.337 e. The molecule has 4 heteroatoms. The fraction of sp³-hybridized carbons (Fsp3) is 0.188. The summed E-state index contributed by atoms with van der Waals surface area (Å²) in [7, 11) is 0. The number of carbonyl (C=O) groups is 1. The van der Waals surface area contributed by atoms with Crippen molar-refractivity contribution in [2.75, 3.05) is 6.54 Å². The topological polar surface area (TPSA) is 72.5 Å². The highest BCUT2D eigenvalue weighted by molar-refractivity contribution is 5.75. The van der Waals surface area contributed by atoms with E-state index in [9.17, 15) is 9.90 Å². The first-order valence-corrected chi connectivity index (χ1v) is 6.41. The van der Waals surface area contributed by atoms with Crippen LogP contribution in [0, 0.1) is 0 Å². The highest BCUT2D eigenvalue weighted by Gasteiger charge is 2.22. The number of hydrogen-bond acceptors (Lipinski definition) is 4. The molecular formula is C16H17NO3. The van der Waals surface area contributed by atoms with E-state index in [0.717, 1.165) is 11.1 Å². The van der Waals surface area contributed by atoms with Gasteiger partial charge in [0.05, 0.1) is 0 Å². The van der Waals surface area contributed by atoms with Crippen LogP contribution in [-0.2, 0) is 9.53 Å². The number of benzene rings is 2. The molecule has 1 atom stereocenters. The number of aliphatic hydroxyl groups excluding tert-OH is 1. The van der Waals surface area contributed by atoms with Crippen molar-refractivity contribution in [1.82, 2.24) is 0 Å². The molecule has 0 radical (unpaired) electrons. The van der Waals surface area contributed by atoms with Crippen molar-refractivity contribution in [2.45, 2.75) is 12.2 Å². The Labute approximate surface area is 117 Å². The first-order chi connectivity index (χ1) is 9.72. The van der Waals surface area contributed by atoms with Crippen molar-refractivity contribution >= 4 is 5.97 Å². The van der Waals surface area contributed by atoms with E-state index in [1.54, 1.807) is 0 Å². The van der Waals surface area contributed by atoms with Crippen molar-refractivity contribution in [3.8, 4) is 0 Å². The summed E-state index contributed by atoms with van der Waals surface area (Å²) in [4.78, 5) is 11.8. The van der Waals surface area contributed by atoms with Crippen molar-refractivity contribution in [2.24, 2.45) is 5.73 Å². The molecule has 104 valence electrons. The van der Waals surface area contributed by atoms with Crippen LogP contribution in [0.1, 0.15) is 17.2 Å². The van der Waals surface area contributed by atoms with Crippen LogP contribution in [0.5, 0.6) is 0 Å². The van der Waals surface area contributed by atoms with Crippen LogP contribution in [0.15, 0.2) is 60.7 Å². The van der Waals surface area contributed by atoms with E-state index < -0.39 is 18.2 Å². The van der Waals surface area contributed by atoms with Crippen LogP contribution in [0.25, 0.3) is 0 Å². The molecule has 0 heterocycles. The number of hydrogen-bond donors (Lipinski definition) is 2. The van der Waals surface area contributed by atoms with Gasteiger partial charge in [0.15, 0.2) is 12.2 Å². The van der Waals surface area contributed by atoms with E-state index in [2.05, 4.69) is 0 Å². The van der Waals surface area contributed by atoms with Gasteiger partial charge in [-0.3, -0.25) is 0 Å². The first kappa shape index (κ1) is 14.2. The zero-order valence-electron chi connectivity index (χ0n) is 11.0. The lowest BCUT2D eigenvalue weighted by Gasteiger charge is -2.20. The van der Waals surface area contributed by atoms with Gasteiger partial charge in [-0.2, -0.15) is 0 Å². The summed E-state index contributed by atoms with van der Waals surface area (Å²) in [6.45, 7) is -0.158. The SMILES string of the molecule is NC[C@H](O)C(=O)OC(c1ccccc1)c1ccccc1. The van der Waals surface area contributed by atoms with Crippen molar-refractivity contribution < 1.29 is 14.6 Å². The molecule has 2 aromatic carbocycles. The molecule has 0 aliphatic heterocycles. The molecule has 20 heavy (non-hydrogen) atoms. The second kappa shape index (κ2) is 6.84. The van der Waals surface area contributed by atoms with E-state index >= 15 is 0 Å². The molecule has 0 aliphatic carbocycles. The van der Waals surface area contributed by atoms with Gasteiger partial charge in [0.1, 0.15) is 0 Å². The Morgan fingerprint density at radius 1 is 1.00 bits per heavy atom. The zero-order chi connectivity index (χ0) is 14.4. The van der Waals surface area contributed by atoms with Gasteiger partial charge in [0, 0.05) is 6.54 Å². The molecule has 0 aromatic heterocycles. The third kappa shape index (κ3) is 3.44. The zero-order valence-corrected chi connectivity index (χ0v) is 11.0. The predicted octanol–water partition coefficient (Wildman–Crippen LogP) is 1.64. The molecule has 0 fully saturated rings. The fourth-order valence-electron chi connectivity index (χ4n) is 1.88. The second-order valence-corrected chi connectivity index (χ2v) is 4.39. The van der Waals surface area contributed by atoms with Gasteiger partial charge < -0.3 is 15.6 Å². The summed E-state index contributed by atoms with van der Waals surface area (Å²) in [5.74, 6) is -0.717. The number of ether oxygens (including phenoxy) is 1. The number of aliphatic hydroxyl groups is 1. The summed E-state index contributed by atoms with van der Waals surface area (Å²) in [5.41, 5.74) is 6.96. The molecule has 0 saturated carbocycles. The minimum absolute atomic E-state index is 0.158. The lowest BCUT2D eigenvalue weighted by atomic mass is 10.0. The molecule has 2 rings (SSSR count). The lowest BCUT2D eigenvalue weighted by Crippen LogP contribution is -2.32. The normalized spacial score (nSPS) is 12.2. The van der Waals surface area contributed by atoms with E-state index in [-0.39, 0.29) is 6.54 Å².